The maximum absolute atomic E-state index is 6.32. The lowest BCUT2D eigenvalue weighted by atomic mass is 9.96. The molecule has 0 aliphatic carbocycles. The highest BCUT2D eigenvalue weighted by Crippen LogP contribution is 2.47. The average Bonchev–Trinajstić information content (AvgIpc) is 3.14. The van der Waals surface area contributed by atoms with Gasteiger partial charge in [-0.15, -0.1) is 0 Å². The van der Waals surface area contributed by atoms with E-state index >= 15 is 0 Å². The second-order valence-electron chi connectivity index (χ2n) is 6.31. The van der Waals surface area contributed by atoms with Gasteiger partial charge in [0.05, 0.1) is 11.8 Å². The number of para-hydroxylation sites is 1. The van der Waals surface area contributed by atoms with Crippen LogP contribution in [0, 0.1) is 0 Å². The number of ether oxygens (including phenoxy) is 1. The van der Waals surface area contributed by atoms with E-state index in [1.807, 2.05) is 42.6 Å². The molecular weight excluding hydrogens is 310 g/mol. The van der Waals surface area contributed by atoms with Gasteiger partial charge < -0.3 is 4.74 Å². The SMILES string of the molecule is c1ccc([C@H]2Oc3ccccc3[C@@H]3CC(c4cccnc4)=NN23)cc1. The van der Waals surface area contributed by atoms with Gasteiger partial charge in [0.15, 0.2) is 0 Å². The molecule has 0 unspecified atom stereocenters. The Balaban J connectivity index is 1.61. The predicted molar refractivity (Wildman–Crippen MR) is 96.2 cm³/mol. The van der Waals surface area contributed by atoms with Crippen LogP contribution in [-0.2, 0) is 0 Å². The lowest BCUT2D eigenvalue weighted by molar-refractivity contribution is -0.0190. The molecule has 3 aromatic rings. The molecule has 0 bridgehead atoms. The monoisotopic (exact) mass is 327 g/mol. The Morgan fingerprint density at radius 3 is 2.60 bits per heavy atom. The average molecular weight is 327 g/mol. The van der Waals surface area contributed by atoms with Crippen molar-refractivity contribution in [3.05, 3.63) is 95.8 Å². The largest absolute Gasteiger partial charge is 0.464 e. The second-order valence-corrected chi connectivity index (χ2v) is 6.31. The maximum atomic E-state index is 6.32. The molecule has 25 heavy (non-hydrogen) atoms. The van der Waals surface area contributed by atoms with Crippen LogP contribution in [0.2, 0.25) is 0 Å². The summed E-state index contributed by atoms with van der Waals surface area (Å²) >= 11 is 0. The number of pyridine rings is 1. The second kappa shape index (κ2) is 5.74. The van der Waals surface area contributed by atoms with Crippen LogP contribution in [0.3, 0.4) is 0 Å². The first-order valence-electron chi connectivity index (χ1n) is 8.47. The van der Waals surface area contributed by atoms with Gasteiger partial charge in [-0.2, -0.15) is 5.10 Å². The third-order valence-electron chi connectivity index (χ3n) is 4.78. The first-order chi connectivity index (χ1) is 12.4. The molecule has 0 radical (unpaired) electrons. The smallest absolute Gasteiger partial charge is 0.213 e. The van der Waals surface area contributed by atoms with Crippen molar-refractivity contribution in [2.24, 2.45) is 5.10 Å². The van der Waals surface area contributed by atoms with Crippen molar-refractivity contribution < 1.29 is 4.74 Å². The summed E-state index contributed by atoms with van der Waals surface area (Å²) in [5.74, 6) is 0.945. The fourth-order valence-corrected chi connectivity index (χ4v) is 3.58. The molecule has 0 N–H and O–H groups in total. The summed E-state index contributed by atoms with van der Waals surface area (Å²) < 4.78 is 6.32. The number of rotatable bonds is 2. The molecule has 4 nitrogen and oxygen atoms in total. The topological polar surface area (TPSA) is 37.7 Å². The van der Waals surface area contributed by atoms with E-state index in [4.69, 9.17) is 9.84 Å². The standard InChI is InChI=1S/C21H17N3O/c1-2-7-15(8-3-1)21-24-19(17-10-4-5-11-20(17)25-21)13-18(23-24)16-9-6-12-22-14-16/h1-12,14,19,21H,13H2/t19-,21+/m0/s1. The lowest BCUT2D eigenvalue weighted by Crippen LogP contribution is -2.33. The number of hydrogen-bond acceptors (Lipinski definition) is 4. The van der Waals surface area contributed by atoms with Gasteiger partial charge in [-0.05, 0) is 12.1 Å². The molecule has 0 saturated heterocycles. The molecule has 2 aromatic carbocycles. The van der Waals surface area contributed by atoms with Crippen LogP contribution in [0.1, 0.15) is 35.4 Å². The van der Waals surface area contributed by atoms with Crippen LogP contribution < -0.4 is 4.74 Å². The van der Waals surface area contributed by atoms with Gasteiger partial charge in [-0.1, -0.05) is 54.6 Å². The zero-order valence-electron chi connectivity index (χ0n) is 13.6. The van der Waals surface area contributed by atoms with E-state index in [9.17, 15) is 0 Å². The van der Waals surface area contributed by atoms with Crippen molar-refractivity contribution in [3.63, 3.8) is 0 Å². The number of benzene rings is 2. The summed E-state index contributed by atoms with van der Waals surface area (Å²) in [7, 11) is 0. The van der Waals surface area contributed by atoms with E-state index in [1.165, 1.54) is 5.56 Å². The van der Waals surface area contributed by atoms with E-state index in [-0.39, 0.29) is 12.3 Å². The summed E-state index contributed by atoms with van der Waals surface area (Å²) in [6.07, 6.45) is 4.31. The minimum atomic E-state index is -0.213. The molecule has 2 aliphatic rings. The third kappa shape index (κ3) is 2.38. The van der Waals surface area contributed by atoms with Gasteiger partial charge in [-0.3, -0.25) is 4.98 Å². The lowest BCUT2D eigenvalue weighted by Gasteiger charge is -2.38. The number of nitrogens with zero attached hydrogens (tertiary/aromatic N) is 3. The van der Waals surface area contributed by atoms with E-state index in [0.717, 1.165) is 29.0 Å². The van der Waals surface area contributed by atoms with Gasteiger partial charge in [-0.25, -0.2) is 5.01 Å². The summed E-state index contributed by atoms with van der Waals surface area (Å²) in [6, 6.07) is 22.7. The summed E-state index contributed by atoms with van der Waals surface area (Å²) in [4.78, 5) is 4.24. The number of hydrazone groups is 1. The molecule has 1 aromatic heterocycles. The quantitative estimate of drug-likeness (QED) is 0.703. The third-order valence-corrected chi connectivity index (χ3v) is 4.78. The molecular formula is C21H17N3O. The van der Waals surface area contributed by atoms with E-state index in [1.54, 1.807) is 6.20 Å². The minimum Gasteiger partial charge on any atom is -0.464 e. The molecule has 4 heteroatoms. The first kappa shape index (κ1) is 14.2. The molecule has 5 rings (SSSR count). The van der Waals surface area contributed by atoms with E-state index in [0.29, 0.717) is 0 Å². The van der Waals surface area contributed by atoms with Crippen LogP contribution in [0.15, 0.2) is 84.2 Å². The van der Waals surface area contributed by atoms with Gasteiger partial charge in [0, 0.05) is 35.5 Å². The molecule has 0 amide bonds. The van der Waals surface area contributed by atoms with Crippen molar-refractivity contribution in [1.29, 1.82) is 0 Å². The Morgan fingerprint density at radius 1 is 0.920 bits per heavy atom. The van der Waals surface area contributed by atoms with Crippen molar-refractivity contribution in [2.75, 3.05) is 0 Å². The number of aromatic nitrogens is 1. The van der Waals surface area contributed by atoms with Gasteiger partial charge in [0.2, 0.25) is 6.23 Å². The van der Waals surface area contributed by atoms with Crippen LogP contribution in [0.25, 0.3) is 0 Å². The predicted octanol–water partition coefficient (Wildman–Crippen LogP) is 4.32. The van der Waals surface area contributed by atoms with Crippen molar-refractivity contribution >= 4 is 5.71 Å². The van der Waals surface area contributed by atoms with Gasteiger partial charge in [0.1, 0.15) is 5.75 Å². The molecule has 2 aliphatic heterocycles. The minimum absolute atomic E-state index is 0.186. The van der Waals surface area contributed by atoms with Crippen molar-refractivity contribution in [3.8, 4) is 5.75 Å². The van der Waals surface area contributed by atoms with Crippen LogP contribution in [-0.4, -0.2) is 15.7 Å². The molecule has 0 saturated carbocycles. The highest BCUT2D eigenvalue weighted by Gasteiger charge is 2.40. The molecule has 0 fully saturated rings. The normalized spacial score (nSPS) is 21.1. The van der Waals surface area contributed by atoms with Crippen molar-refractivity contribution in [2.45, 2.75) is 18.7 Å². The fourth-order valence-electron chi connectivity index (χ4n) is 3.58. The Labute approximate surface area is 146 Å². The van der Waals surface area contributed by atoms with Gasteiger partial charge >= 0.3 is 0 Å². The van der Waals surface area contributed by atoms with Gasteiger partial charge in [0.25, 0.3) is 0 Å². The molecule has 122 valence electrons. The Kier molecular flexibility index (Phi) is 3.27. The maximum Gasteiger partial charge on any atom is 0.213 e. The summed E-state index contributed by atoms with van der Waals surface area (Å²) in [5.41, 5.74) is 4.43. The highest BCUT2D eigenvalue weighted by atomic mass is 16.5. The van der Waals surface area contributed by atoms with Crippen molar-refractivity contribution in [1.82, 2.24) is 9.99 Å². The molecule has 2 atom stereocenters. The Hall–Kier alpha value is -3.14. The summed E-state index contributed by atoms with van der Waals surface area (Å²) in [6.45, 7) is 0. The van der Waals surface area contributed by atoms with Crippen LogP contribution in [0.4, 0.5) is 0 Å². The first-order valence-corrected chi connectivity index (χ1v) is 8.47. The summed E-state index contributed by atoms with van der Waals surface area (Å²) in [5, 5.41) is 7.02. The van der Waals surface area contributed by atoms with E-state index in [2.05, 4.69) is 40.3 Å². The molecule has 3 heterocycles. The Morgan fingerprint density at radius 2 is 1.76 bits per heavy atom. The number of fused-ring (bicyclic) bond motifs is 3. The highest BCUT2D eigenvalue weighted by molar-refractivity contribution is 6.01. The number of hydrogen-bond donors (Lipinski definition) is 0. The van der Waals surface area contributed by atoms with E-state index < -0.39 is 0 Å². The van der Waals surface area contributed by atoms with Crippen LogP contribution in [0.5, 0.6) is 5.75 Å². The zero-order chi connectivity index (χ0) is 16.6. The zero-order valence-corrected chi connectivity index (χ0v) is 13.6. The fraction of sp³-hybridized carbons (Fsp3) is 0.143. The molecule has 0 spiro atoms. The van der Waals surface area contributed by atoms with Crippen LogP contribution >= 0.6 is 0 Å². The Bertz CT molecular complexity index is 924.